The van der Waals surface area contributed by atoms with Crippen molar-refractivity contribution in [2.24, 2.45) is 11.8 Å². The molecule has 2 bridgehead atoms. The maximum atomic E-state index is 15.8. The lowest BCUT2D eigenvalue weighted by Crippen LogP contribution is -2.45. The fourth-order valence-electron chi connectivity index (χ4n) is 8.20. The van der Waals surface area contributed by atoms with Gasteiger partial charge in [-0.2, -0.15) is 0 Å². The highest BCUT2D eigenvalue weighted by Gasteiger charge is 2.82. The van der Waals surface area contributed by atoms with Gasteiger partial charge in [0, 0.05) is 0 Å². The third kappa shape index (κ3) is 3.13. The lowest BCUT2D eigenvalue weighted by atomic mass is 9.59. The van der Waals surface area contributed by atoms with Gasteiger partial charge in [-0.3, -0.25) is 14.4 Å². The van der Waals surface area contributed by atoms with Crippen LogP contribution < -0.4 is 4.90 Å². The van der Waals surface area contributed by atoms with Crippen LogP contribution >= 0.6 is 0 Å². The summed E-state index contributed by atoms with van der Waals surface area (Å²) in [6.45, 7) is 0. The number of Topliss-reactive ketones (excluding diaryl/α,β-unsaturated/α-hetero) is 1. The van der Waals surface area contributed by atoms with Crippen LogP contribution in [0.5, 0.6) is 0 Å². The van der Waals surface area contributed by atoms with Crippen LogP contribution in [-0.4, -0.2) is 17.6 Å². The second-order valence-corrected chi connectivity index (χ2v) is 11.6. The summed E-state index contributed by atoms with van der Waals surface area (Å²) >= 11 is 0. The van der Waals surface area contributed by atoms with E-state index in [2.05, 4.69) is 0 Å². The van der Waals surface area contributed by atoms with Crippen LogP contribution in [0.1, 0.15) is 22.3 Å². The molecule has 3 aliphatic rings. The number of fused-ring (bicyclic) bond motifs is 5. The number of anilines is 1. The molecule has 5 heteroatoms. The lowest BCUT2D eigenvalue weighted by molar-refractivity contribution is -0.130. The van der Waals surface area contributed by atoms with Gasteiger partial charge in [-0.25, -0.2) is 9.29 Å². The van der Waals surface area contributed by atoms with Crippen molar-refractivity contribution >= 4 is 34.4 Å². The Bertz CT molecular complexity index is 1870. The standard InChI is InChI=1S/C39H26FNO3/c40-29-23-13-14-24-30(29)41-35(42)33-34(36(41)43)39(28-21-11-4-12-22-28)32(26-17-7-2-8-18-26)31(25-15-5-1-6-16-25)38(33,37(39)44)27-19-9-3-10-20-27/h1-24,33-34H/t33-,34+,38-,39-/m1/s1. The van der Waals surface area contributed by atoms with Crippen molar-refractivity contribution in [3.63, 3.8) is 0 Å². The zero-order valence-corrected chi connectivity index (χ0v) is 23.6. The van der Waals surface area contributed by atoms with Gasteiger partial charge >= 0.3 is 0 Å². The molecule has 5 aromatic rings. The van der Waals surface area contributed by atoms with Crippen molar-refractivity contribution in [3.8, 4) is 0 Å². The van der Waals surface area contributed by atoms with Gasteiger partial charge in [-0.1, -0.05) is 133 Å². The Kier molecular flexibility index (Phi) is 5.69. The van der Waals surface area contributed by atoms with Gasteiger partial charge in [0.05, 0.1) is 28.4 Å². The maximum absolute atomic E-state index is 15.8. The van der Waals surface area contributed by atoms with Gasteiger partial charge in [-0.05, 0) is 45.5 Å². The van der Waals surface area contributed by atoms with Gasteiger partial charge in [0.1, 0.15) is 5.82 Å². The van der Waals surface area contributed by atoms with E-state index in [1.165, 1.54) is 18.2 Å². The topological polar surface area (TPSA) is 54.5 Å². The SMILES string of the molecule is O=C1[C@@H]2[C@H](C(=O)N1c1ccccc1F)[C@]1(c3ccccc3)C(=O)[C@]2(c2ccccc2)C(c2ccccc2)=C1c1ccccc1. The number of carbonyl (C=O) groups is 3. The first-order chi connectivity index (χ1) is 21.5. The lowest BCUT2D eigenvalue weighted by Gasteiger charge is -2.39. The Hall–Kier alpha value is -5.42. The number of allylic oxidation sites excluding steroid dienone is 2. The number of carbonyl (C=O) groups excluding carboxylic acids is 3. The van der Waals surface area contributed by atoms with Crippen LogP contribution in [0.4, 0.5) is 10.1 Å². The average molecular weight is 576 g/mol. The summed E-state index contributed by atoms with van der Waals surface area (Å²) in [6, 6.07) is 43.8. The van der Waals surface area contributed by atoms with E-state index in [0.717, 1.165) is 16.0 Å². The summed E-state index contributed by atoms with van der Waals surface area (Å²) in [5.74, 6) is -4.19. The molecule has 5 aromatic carbocycles. The molecule has 0 radical (unpaired) electrons. The number of benzene rings is 5. The van der Waals surface area contributed by atoms with E-state index in [4.69, 9.17) is 0 Å². The minimum Gasteiger partial charge on any atom is -0.297 e. The normalized spacial score (nSPS) is 25.6. The molecule has 1 aliphatic heterocycles. The molecule has 1 saturated heterocycles. The number of nitrogens with zero attached hydrogens (tertiary/aromatic N) is 1. The third-order valence-corrected chi connectivity index (χ3v) is 9.67. The number of rotatable bonds is 5. The minimum absolute atomic E-state index is 0.0994. The van der Waals surface area contributed by atoms with Gasteiger partial charge in [0.15, 0.2) is 5.78 Å². The van der Waals surface area contributed by atoms with Crippen LogP contribution in [0.15, 0.2) is 146 Å². The molecule has 44 heavy (non-hydrogen) atoms. The Morgan fingerprint density at radius 2 is 0.841 bits per heavy atom. The number of hydrogen-bond donors (Lipinski definition) is 0. The Labute approximate surface area is 254 Å². The minimum atomic E-state index is -1.51. The highest BCUT2D eigenvalue weighted by molar-refractivity contribution is 6.39. The van der Waals surface area contributed by atoms with Crippen LogP contribution in [-0.2, 0) is 25.2 Å². The first-order valence-corrected chi connectivity index (χ1v) is 14.7. The molecule has 0 spiro atoms. The number of amides is 2. The molecule has 0 unspecified atom stereocenters. The van der Waals surface area contributed by atoms with Gasteiger partial charge in [0.2, 0.25) is 11.8 Å². The Balaban J connectivity index is 1.57. The average Bonchev–Trinajstić information content (AvgIpc) is 3.59. The Morgan fingerprint density at radius 1 is 0.477 bits per heavy atom. The predicted molar refractivity (Wildman–Crippen MR) is 167 cm³/mol. The molecule has 2 amide bonds. The van der Waals surface area contributed by atoms with Crippen molar-refractivity contribution in [1.82, 2.24) is 0 Å². The highest BCUT2D eigenvalue weighted by atomic mass is 19.1. The van der Waals surface area contributed by atoms with Crippen LogP contribution in [0.3, 0.4) is 0 Å². The van der Waals surface area contributed by atoms with E-state index < -0.39 is 40.3 Å². The molecule has 4 nitrogen and oxygen atoms in total. The molecule has 1 heterocycles. The zero-order valence-electron chi connectivity index (χ0n) is 23.6. The molecular weight excluding hydrogens is 549 g/mol. The first-order valence-electron chi connectivity index (χ1n) is 14.7. The molecule has 1 saturated carbocycles. The van der Waals surface area contributed by atoms with Gasteiger partial charge in [-0.15, -0.1) is 0 Å². The molecule has 4 atom stereocenters. The fourth-order valence-corrected chi connectivity index (χ4v) is 8.20. The maximum Gasteiger partial charge on any atom is 0.239 e. The number of hydrogen-bond acceptors (Lipinski definition) is 3. The van der Waals surface area contributed by atoms with E-state index in [0.29, 0.717) is 22.3 Å². The van der Waals surface area contributed by atoms with E-state index in [9.17, 15) is 9.59 Å². The number of halogens is 1. The van der Waals surface area contributed by atoms with Crippen molar-refractivity contribution in [3.05, 3.63) is 174 Å². The van der Waals surface area contributed by atoms with Crippen molar-refractivity contribution in [2.75, 3.05) is 4.90 Å². The van der Waals surface area contributed by atoms with E-state index in [1.807, 2.05) is 121 Å². The summed E-state index contributed by atoms with van der Waals surface area (Å²) in [7, 11) is 0. The van der Waals surface area contributed by atoms with E-state index in [-0.39, 0.29) is 11.5 Å². The van der Waals surface area contributed by atoms with Crippen molar-refractivity contribution < 1.29 is 18.8 Å². The van der Waals surface area contributed by atoms with Gasteiger partial charge in [0.25, 0.3) is 0 Å². The second-order valence-electron chi connectivity index (χ2n) is 11.6. The van der Waals surface area contributed by atoms with Crippen molar-refractivity contribution in [2.45, 2.75) is 10.8 Å². The second kappa shape index (κ2) is 9.55. The molecule has 2 fully saturated rings. The predicted octanol–water partition coefficient (Wildman–Crippen LogP) is 7.01. The summed E-state index contributed by atoms with van der Waals surface area (Å²) in [6.07, 6.45) is 0. The number of imide groups is 1. The monoisotopic (exact) mass is 575 g/mol. The summed E-state index contributed by atoms with van der Waals surface area (Å²) in [5.41, 5.74) is 1.16. The van der Waals surface area contributed by atoms with Crippen LogP contribution in [0.25, 0.3) is 11.1 Å². The quantitative estimate of drug-likeness (QED) is 0.212. The van der Waals surface area contributed by atoms with Crippen LogP contribution in [0, 0.1) is 17.7 Å². The zero-order chi connectivity index (χ0) is 30.1. The van der Waals surface area contributed by atoms with E-state index >= 15 is 9.18 Å². The largest absolute Gasteiger partial charge is 0.297 e. The molecular formula is C39H26FNO3. The molecule has 2 aliphatic carbocycles. The fraction of sp³-hybridized carbons (Fsp3) is 0.103. The smallest absolute Gasteiger partial charge is 0.239 e. The number of ketones is 1. The van der Waals surface area contributed by atoms with Crippen LogP contribution in [0.2, 0.25) is 0 Å². The van der Waals surface area contributed by atoms with Gasteiger partial charge < -0.3 is 0 Å². The third-order valence-electron chi connectivity index (χ3n) is 9.67. The first kappa shape index (κ1) is 26.2. The molecule has 0 aromatic heterocycles. The molecule has 0 N–H and O–H groups in total. The Morgan fingerprint density at radius 3 is 1.25 bits per heavy atom. The van der Waals surface area contributed by atoms with Crippen molar-refractivity contribution in [1.29, 1.82) is 0 Å². The number of para-hydroxylation sites is 1. The summed E-state index contributed by atoms with van der Waals surface area (Å²) in [5, 5.41) is 0. The summed E-state index contributed by atoms with van der Waals surface area (Å²) < 4.78 is 15.3. The summed E-state index contributed by atoms with van der Waals surface area (Å²) in [4.78, 5) is 46.4. The van der Waals surface area contributed by atoms with E-state index in [1.54, 1.807) is 6.07 Å². The molecule has 212 valence electrons. The highest BCUT2D eigenvalue weighted by Crippen LogP contribution is 2.74. The molecule has 8 rings (SSSR count).